The number of nitrogens with zero attached hydrogens (tertiary/aromatic N) is 2. The maximum atomic E-state index is 14.3. The number of pyridine rings is 1. The fraction of sp³-hybridized carbons (Fsp3) is 0.326. The molecule has 2 heterocycles. The third kappa shape index (κ3) is 7.41. The highest BCUT2D eigenvalue weighted by Gasteiger charge is 2.55. The summed E-state index contributed by atoms with van der Waals surface area (Å²) in [4.78, 5) is 32.7. The summed E-state index contributed by atoms with van der Waals surface area (Å²) in [6, 6.07) is 30.0. The zero-order valence-corrected chi connectivity index (χ0v) is 31.6. The number of carbonyl (C=O) groups is 2. The molecule has 1 saturated heterocycles. The first-order valence-electron chi connectivity index (χ1n) is 18.0. The number of halogens is 1. The number of aromatic nitrogens is 1. The number of allylic oxidation sites excluding steroid dienone is 1. The number of hydrogen-bond acceptors (Lipinski definition) is 7. The molecule has 6 rings (SSSR count). The Morgan fingerprint density at radius 1 is 0.981 bits per heavy atom. The van der Waals surface area contributed by atoms with Gasteiger partial charge in [-0.1, -0.05) is 93.6 Å². The molecule has 10 heteroatoms. The first kappa shape index (κ1) is 38.0. The van der Waals surface area contributed by atoms with Crippen LogP contribution in [0.2, 0.25) is 5.04 Å². The standard InChI is InChI=1S/C43H47FN2O6Si/c1-43(2,3)53(31-13-7-5-8-14-31,32-15-9-6-10-16-32)52-27-30-25-33-40(42(51)46(4)41(33)50)34(26-47)39(30)38(49)21-19-29(36-17-11-12-22-45-36)23-28-18-20-37(48)35(44)24-28/h5-18,20,22-24,33-34,38,40,47-49H,19,21,25-27H2,1-4H3/b29-23-/t33-,34+,38-,40-/m1/s1. The zero-order valence-electron chi connectivity index (χ0n) is 30.6. The van der Waals surface area contributed by atoms with E-state index in [2.05, 4.69) is 50.0 Å². The fourth-order valence-electron chi connectivity index (χ4n) is 8.29. The van der Waals surface area contributed by atoms with Crippen molar-refractivity contribution in [2.45, 2.75) is 51.2 Å². The number of rotatable bonds is 12. The number of aromatic hydroxyl groups is 1. The van der Waals surface area contributed by atoms with E-state index < -0.39 is 50.3 Å². The van der Waals surface area contributed by atoms with Gasteiger partial charge in [-0.3, -0.25) is 19.5 Å². The average molecular weight is 735 g/mol. The quantitative estimate of drug-likeness (QED) is 0.0968. The largest absolute Gasteiger partial charge is 0.505 e. The van der Waals surface area contributed by atoms with Gasteiger partial charge >= 0.3 is 0 Å². The molecule has 53 heavy (non-hydrogen) atoms. The molecule has 3 aromatic carbocycles. The Bertz CT molecular complexity index is 1960. The summed E-state index contributed by atoms with van der Waals surface area (Å²) in [6.07, 6.45) is 3.04. The number of phenolic OH excluding ortho intramolecular Hbond substituents is 1. The van der Waals surface area contributed by atoms with Crippen LogP contribution in [-0.2, 0) is 14.0 Å². The van der Waals surface area contributed by atoms with Gasteiger partial charge in [-0.2, -0.15) is 0 Å². The first-order chi connectivity index (χ1) is 25.4. The van der Waals surface area contributed by atoms with Gasteiger partial charge < -0.3 is 19.7 Å². The van der Waals surface area contributed by atoms with Crippen molar-refractivity contribution in [3.05, 3.63) is 131 Å². The second kappa shape index (κ2) is 15.7. The van der Waals surface area contributed by atoms with Gasteiger partial charge in [-0.15, -0.1) is 0 Å². The van der Waals surface area contributed by atoms with Crippen molar-refractivity contribution < 1.29 is 33.7 Å². The summed E-state index contributed by atoms with van der Waals surface area (Å²) in [5.41, 5.74) is 3.12. The molecule has 0 unspecified atom stereocenters. The summed E-state index contributed by atoms with van der Waals surface area (Å²) >= 11 is 0. The van der Waals surface area contributed by atoms with E-state index in [1.54, 1.807) is 24.4 Å². The topological polar surface area (TPSA) is 120 Å². The Hall–Kier alpha value is -4.74. The van der Waals surface area contributed by atoms with Crippen molar-refractivity contribution in [2.75, 3.05) is 20.3 Å². The van der Waals surface area contributed by atoms with E-state index in [-0.39, 0.29) is 36.3 Å². The number of imide groups is 1. The lowest BCUT2D eigenvalue weighted by Crippen LogP contribution is -2.66. The van der Waals surface area contributed by atoms with Crippen molar-refractivity contribution in [1.82, 2.24) is 9.88 Å². The van der Waals surface area contributed by atoms with Gasteiger partial charge in [-0.25, -0.2) is 4.39 Å². The van der Waals surface area contributed by atoms with E-state index in [1.807, 2.05) is 48.5 Å². The van der Waals surface area contributed by atoms with Gasteiger partial charge in [0.1, 0.15) is 0 Å². The van der Waals surface area contributed by atoms with E-state index in [0.29, 0.717) is 28.8 Å². The van der Waals surface area contributed by atoms with Crippen LogP contribution in [0.25, 0.3) is 11.6 Å². The van der Waals surface area contributed by atoms with Gasteiger partial charge in [0.15, 0.2) is 11.6 Å². The third-order valence-electron chi connectivity index (χ3n) is 10.8. The van der Waals surface area contributed by atoms with Crippen LogP contribution in [0, 0.1) is 23.6 Å². The molecule has 1 aliphatic carbocycles. The fourth-order valence-corrected chi connectivity index (χ4v) is 12.8. The van der Waals surface area contributed by atoms with Crippen LogP contribution in [0.15, 0.2) is 114 Å². The van der Waals surface area contributed by atoms with E-state index in [9.17, 15) is 29.3 Å². The Morgan fingerprint density at radius 3 is 2.19 bits per heavy atom. The van der Waals surface area contributed by atoms with Crippen LogP contribution in [0.3, 0.4) is 0 Å². The van der Waals surface area contributed by atoms with Gasteiger partial charge in [0.25, 0.3) is 8.32 Å². The Morgan fingerprint density at radius 2 is 1.62 bits per heavy atom. The highest BCUT2D eigenvalue weighted by molar-refractivity contribution is 6.99. The number of benzene rings is 3. The van der Waals surface area contributed by atoms with Crippen LogP contribution in [0.1, 0.15) is 51.3 Å². The molecule has 1 fully saturated rings. The van der Waals surface area contributed by atoms with Crippen LogP contribution in [0.4, 0.5) is 4.39 Å². The Kier molecular flexibility index (Phi) is 11.3. The summed E-state index contributed by atoms with van der Waals surface area (Å²) in [7, 11) is -1.57. The van der Waals surface area contributed by atoms with Crippen LogP contribution >= 0.6 is 0 Å². The predicted octanol–water partition coefficient (Wildman–Crippen LogP) is 5.72. The summed E-state index contributed by atoms with van der Waals surface area (Å²) in [5, 5.41) is 34.7. The first-order valence-corrected chi connectivity index (χ1v) is 20.0. The number of aliphatic hydroxyl groups excluding tert-OH is 2. The number of carbonyl (C=O) groups excluding carboxylic acids is 2. The number of phenols is 1. The molecule has 1 aliphatic heterocycles. The Labute approximate surface area is 311 Å². The molecule has 2 aliphatic rings. The van der Waals surface area contributed by atoms with Crippen LogP contribution in [-0.4, -0.2) is 71.7 Å². The van der Waals surface area contributed by atoms with E-state index >= 15 is 0 Å². The molecular weight excluding hydrogens is 688 g/mol. The lowest BCUT2D eigenvalue weighted by molar-refractivity contribution is -0.138. The van der Waals surface area contributed by atoms with Crippen molar-refractivity contribution >= 4 is 42.2 Å². The van der Waals surface area contributed by atoms with Crippen molar-refractivity contribution in [3.63, 3.8) is 0 Å². The minimum absolute atomic E-state index is 0.0975. The van der Waals surface area contributed by atoms with Gasteiger partial charge in [0.2, 0.25) is 11.8 Å². The second-order valence-corrected chi connectivity index (χ2v) is 19.3. The maximum absolute atomic E-state index is 14.3. The minimum atomic E-state index is -3.05. The highest BCUT2D eigenvalue weighted by atomic mass is 28.4. The van der Waals surface area contributed by atoms with Crippen molar-refractivity contribution in [3.8, 4) is 5.75 Å². The number of likely N-dealkylation sites (tertiary alicyclic amines) is 1. The zero-order chi connectivity index (χ0) is 37.9. The molecule has 0 radical (unpaired) electrons. The highest BCUT2D eigenvalue weighted by Crippen LogP contribution is 2.47. The predicted molar refractivity (Wildman–Crippen MR) is 206 cm³/mol. The van der Waals surface area contributed by atoms with Gasteiger partial charge in [0, 0.05) is 19.2 Å². The molecule has 0 bridgehead atoms. The van der Waals surface area contributed by atoms with Gasteiger partial charge in [-0.05, 0) is 87.3 Å². The summed E-state index contributed by atoms with van der Waals surface area (Å²) < 4.78 is 21.6. The monoisotopic (exact) mass is 734 g/mol. The number of amides is 2. The molecule has 276 valence electrons. The molecule has 1 aromatic heterocycles. The van der Waals surface area contributed by atoms with E-state index in [1.165, 1.54) is 19.2 Å². The lowest BCUT2D eigenvalue weighted by Gasteiger charge is -2.44. The molecule has 0 saturated carbocycles. The maximum Gasteiger partial charge on any atom is 0.261 e. The number of aliphatic hydroxyl groups is 2. The average Bonchev–Trinajstić information content (AvgIpc) is 3.37. The molecule has 4 atom stereocenters. The van der Waals surface area contributed by atoms with Crippen molar-refractivity contribution in [2.24, 2.45) is 17.8 Å². The molecule has 8 nitrogen and oxygen atoms in total. The van der Waals surface area contributed by atoms with Crippen molar-refractivity contribution in [1.29, 1.82) is 0 Å². The normalized spacial score (nSPS) is 20.2. The Balaban J connectivity index is 1.42. The van der Waals surface area contributed by atoms with Gasteiger partial charge in [0.05, 0.1) is 36.8 Å². The second-order valence-electron chi connectivity index (χ2n) is 15.0. The smallest absolute Gasteiger partial charge is 0.261 e. The molecule has 4 aromatic rings. The molecule has 0 spiro atoms. The van der Waals surface area contributed by atoms with E-state index in [0.717, 1.165) is 20.8 Å². The summed E-state index contributed by atoms with van der Waals surface area (Å²) in [6.45, 7) is 6.20. The summed E-state index contributed by atoms with van der Waals surface area (Å²) in [5.74, 6) is -4.13. The number of hydrogen-bond donors (Lipinski definition) is 3. The molecule has 2 amide bonds. The lowest BCUT2D eigenvalue weighted by atomic mass is 9.68. The SMILES string of the molecule is CN1C(=O)[C@@H]2[C@@H](CC(CO[Si](c3ccccc3)(c3ccccc3)C(C)(C)C)=C([C@H](O)CC/C(=C/c3ccc(O)c(F)c3)c3ccccn3)[C@@H]2CO)C1=O. The minimum Gasteiger partial charge on any atom is -0.505 e. The van der Waals surface area contributed by atoms with Crippen LogP contribution in [0.5, 0.6) is 5.75 Å². The third-order valence-corrected chi connectivity index (χ3v) is 15.8. The molecule has 3 N–H and O–H groups in total. The van der Waals surface area contributed by atoms with Crippen LogP contribution < -0.4 is 10.4 Å². The van der Waals surface area contributed by atoms with E-state index in [4.69, 9.17) is 4.43 Å². The molecular formula is C43H47FN2O6Si. The number of fused-ring (bicyclic) bond motifs is 1.